The first-order valence-electron chi connectivity index (χ1n) is 13.6. The number of rotatable bonds is 8. The highest BCUT2D eigenvalue weighted by atomic mass is 19.1. The quantitative estimate of drug-likeness (QED) is 0.234. The fraction of sp³-hybridized carbons (Fsp3) is 0.607. The molecule has 2 aliphatic heterocycles. The minimum absolute atomic E-state index is 0.0513. The summed E-state index contributed by atoms with van der Waals surface area (Å²) in [7, 11) is 6.77. The Morgan fingerprint density at radius 2 is 1.77 bits per heavy atom. The number of likely N-dealkylation sites (N-methyl/N-ethyl adjacent to an activating group) is 3. The summed E-state index contributed by atoms with van der Waals surface area (Å²) in [5, 5.41) is 22.5. The van der Waals surface area contributed by atoms with Crippen molar-refractivity contribution in [3.8, 4) is 0 Å². The van der Waals surface area contributed by atoms with Crippen LogP contribution >= 0.6 is 0 Å². The lowest BCUT2D eigenvalue weighted by atomic mass is 9.76. The van der Waals surface area contributed by atoms with Gasteiger partial charge in [-0.2, -0.15) is 0 Å². The lowest BCUT2D eigenvalue weighted by Gasteiger charge is -2.44. The summed E-state index contributed by atoms with van der Waals surface area (Å²) in [4.78, 5) is 58.0. The molecule has 2 bridgehead atoms. The molecule has 2 aliphatic carbocycles. The number of aliphatic hydroxyl groups is 1. The molecule has 3 fully saturated rings. The van der Waals surface area contributed by atoms with Gasteiger partial charge in [-0.3, -0.25) is 29.5 Å². The third kappa shape index (κ3) is 6.60. The normalized spacial score (nSPS) is 24.7. The number of allylic oxidation sites excluding steroid dienone is 3. The number of hydrogen-bond donors (Lipinski definition) is 3. The van der Waals surface area contributed by atoms with Gasteiger partial charge in [0.15, 0.2) is 5.76 Å². The van der Waals surface area contributed by atoms with Gasteiger partial charge in [-0.25, -0.2) is 4.39 Å². The van der Waals surface area contributed by atoms with E-state index in [9.17, 15) is 28.7 Å². The van der Waals surface area contributed by atoms with Crippen LogP contribution in [0.5, 0.6) is 0 Å². The van der Waals surface area contributed by atoms with Crippen molar-refractivity contribution in [1.29, 1.82) is 5.41 Å². The van der Waals surface area contributed by atoms with E-state index < -0.39 is 34.9 Å². The number of hydrogen-bond acceptors (Lipinski definition) is 7. The number of amides is 4. The van der Waals surface area contributed by atoms with Gasteiger partial charge in [0.2, 0.25) is 0 Å². The van der Waals surface area contributed by atoms with Crippen LogP contribution < -0.4 is 5.32 Å². The molecule has 0 aromatic heterocycles. The van der Waals surface area contributed by atoms with Crippen LogP contribution in [0.2, 0.25) is 0 Å². The van der Waals surface area contributed by atoms with Crippen LogP contribution in [0.1, 0.15) is 39.0 Å². The SMILES string of the molecule is C/C(C(=O)NCC1C=CC(F)=CC1)=C(/O)C(=O)N1CC2CCC(N(C)C(=O)C(=O)N(C)CCN(C)C)(CC2)C1=N. The molecule has 12 heteroatoms. The number of carbonyl (C=O) groups is 4. The Hall–Kier alpha value is -3.54. The average Bonchev–Trinajstić information content (AvgIpc) is 3.18. The summed E-state index contributed by atoms with van der Waals surface area (Å²) in [5.41, 5.74) is -1.39. The average molecular weight is 561 g/mol. The largest absolute Gasteiger partial charge is 0.503 e. The zero-order valence-electron chi connectivity index (χ0n) is 24.0. The number of nitrogens with zero attached hydrogens (tertiary/aromatic N) is 4. The topological polar surface area (TPSA) is 137 Å². The molecular formula is C28H41FN6O5. The van der Waals surface area contributed by atoms with Gasteiger partial charge >= 0.3 is 11.8 Å². The zero-order valence-corrected chi connectivity index (χ0v) is 24.0. The van der Waals surface area contributed by atoms with Crippen molar-refractivity contribution < 1.29 is 28.7 Å². The summed E-state index contributed by atoms with van der Waals surface area (Å²) in [6.45, 7) is 2.62. The second kappa shape index (κ2) is 12.8. The minimum atomic E-state index is -1.19. The Morgan fingerprint density at radius 1 is 1.12 bits per heavy atom. The molecule has 1 saturated carbocycles. The third-order valence-corrected chi connectivity index (χ3v) is 8.25. The van der Waals surface area contributed by atoms with Crippen LogP contribution in [-0.2, 0) is 19.2 Å². The fourth-order valence-corrected chi connectivity index (χ4v) is 5.35. The Morgan fingerprint density at radius 3 is 2.35 bits per heavy atom. The zero-order chi connectivity index (χ0) is 29.8. The summed E-state index contributed by atoms with van der Waals surface area (Å²) < 4.78 is 13.2. The Balaban J connectivity index is 1.76. The van der Waals surface area contributed by atoms with Gasteiger partial charge in [0.25, 0.3) is 11.8 Å². The van der Waals surface area contributed by atoms with E-state index in [2.05, 4.69) is 5.32 Å². The van der Waals surface area contributed by atoms with Crippen molar-refractivity contribution >= 4 is 29.5 Å². The molecule has 0 radical (unpaired) electrons. The predicted octanol–water partition coefficient (Wildman–Crippen LogP) is 1.59. The first kappa shape index (κ1) is 31.0. The van der Waals surface area contributed by atoms with Gasteiger partial charge in [-0.05, 0) is 77.1 Å². The van der Waals surface area contributed by atoms with Crippen molar-refractivity contribution in [1.82, 2.24) is 24.9 Å². The smallest absolute Gasteiger partial charge is 0.312 e. The van der Waals surface area contributed by atoms with Gasteiger partial charge < -0.3 is 25.1 Å². The van der Waals surface area contributed by atoms with Crippen molar-refractivity contribution in [2.75, 3.05) is 54.4 Å². The fourth-order valence-electron chi connectivity index (χ4n) is 5.35. The molecule has 2 heterocycles. The molecule has 2 saturated heterocycles. The minimum Gasteiger partial charge on any atom is -0.503 e. The number of fused-ring (bicyclic) bond motifs is 4. The second-order valence-electron chi connectivity index (χ2n) is 11.3. The molecule has 0 spiro atoms. The molecular weight excluding hydrogens is 519 g/mol. The van der Waals surface area contributed by atoms with E-state index in [-0.39, 0.29) is 42.2 Å². The van der Waals surface area contributed by atoms with Gasteiger partial charge in [0, 0.05) is 40.3 Å². The Kier molecular flexibility index (Phi) is 9.88. The van der Waals surface area contributed by atoms with Gasteiger partial charge in [-0.1, -0.05) is 6.08 Å². The maximum absolute atomic E-state index is 13.4. The highest BCUT2D eigenvalue weighted by molar-refractivity contribution is 6.35. The molecule has 11 nitrogen and oxygen atoms in total. The molecule has 0 aromatic rings. The summed E-state index contributed by atoms with van der Waals surface area (Å²) >= 11 is 0. The van der Waals surface area contributed by atoms with Crippen molar-refractivity contribution in [3.05, 3.63) is 35.4 Å². The van der Waals surface area contributed by atoms with Crippen molar-refractivity contribution in [2.24, 2.45) is 11.8 Å². The van der Waals surface area contributed by atoms with E-state index in [0.29, 0.717) is 45.2 Å². The summed E-state index contributed by atoms with van der Waals surface area (Å²) in [6.07, 6.45) is 6.92. The van der Waals surface area contributed by atoms with Crippen LogP contribution in [-0.4, -0.2) is 114 Å². The van der Waals surface area contributed by atoms with E-state index >= 15 is 0 Å². The number of halogens is 1. The van der Waals surface area contributed by atoms with Gasteiger partial charge in [0.05, 0.1) is 5.57 Å². The van der Waals surface area contributed by atoms with Gasteiger partial charge in [-0.15, -0.1) is 0 Å². The molecule has 1 atom stereocenters. The van der Waals surface area contributed by atoms with E-state index in [1.165, 1.54) is 35.9 Å². The maximum atomic E-state index is 13.4. The lowest BCUT2D eigenvalue weighted by Crippen LogP contribution is -2.62. The summed E-state index contributed by atoms with van der Waals surface area (Å²) in [5.74, 6) is -4.34. The second-order valence-corrected chi connectivity index (χ2v) is 11.3. The number of carbonyl (C=O) groups excluding carboxylic acids is 4. The molecule has 4 aliphatic rings. The Labute approximate surface area is 234 Å². The monoisotopic (exact) mass is 560 g/mol. The van der Waals surface area contributed by atoms with Crippen molar-refractivity contribution in [2.45, 2.75) is 44.6 Å². The standard InChI is InChI=1S/C28H41FN6O5/c1-18(23(37)31-16-19-6-8-21(29)9-7-19)22(36)24(38)35-17-20-10-12-28(13-11-20,27(35)30)34(5)26(40)25(39)33(4)15-14-32(2)3/h6,8-9,19-20,30,36H,7,10-17H2,1-5H3,(H,31,37)/b22-18-,30-27?. The van der Waals surface area contributed by atoms with E-state index in [1.54, 1.807) is 13.1 Å². The molecule has 4 rings (SSSR count). The number of amidine groups is 1. The lowest BCUT2D eigenvalue weighted by molar-refractivity contribution is -0.153. The van der Waals surface area contributed by atoms with Gasteiger partial charge in [0.1, 0.15) is 17.2 Å². The van der Waals surface area contributed by atoms with Crippen LogP contribution in [0.25, 0.3) is 0 Å². The number of nitrogens with one attached hydrogen (secondary N) is 2. The van der Waals surface area contributed by atoms with Crippen LogP contribution in [0.4, 0.5) is 4.39 Å². The third-order valence-electron chi connectivity index (χ3n) is 8.25. The highest BCUT2D eigenvalue weighted by Gasteiger charge is 2.52. The predicted molar refractivity (Wildman–Crippen MR) is 148 cm³/mol. The molecule has 220 valence electrons. The molecule has 0 aromatic carbocycles. The summed E-state index contributed by atoms with van der Waals surface area (Å²) in [6, 6.07) is 0. The van der Waals surface area contributed by atoms with Crippen LogP contribution in [0.15, 0.2) is 35.4 Å². The first-order valence-corrected chi connectivity index (χ1v) is 13.6. The van der Waals surface area contributed by atoms with Crippen molar-refractivity contribution in [3.63, 3.8) is 0 Å². The molecule has 3 N–H and O–H groups in total. The first-order chi connectivity index (χ1) is 18.8. The van der Waals surface area contributed by atoms with Crippen LogP contribution in [0, 0.1) is 17.2 Å². The highest BCUT2D eigenvalue weighted by Crippen LogP contribution is 2.42. The molecule has 4 amide bonds. The molecule has 1 unspecified atom stereocenters. The number of aliphatic hydroxyl groups excluding tert-OH is 1. The maximum Gasteiger partial charge on any atom is 0.312 e. The Bertz CT molecular complexity index is 1140. The van der Waals surface area contributed by atoms with E-state index in [1.807, 2.05) is 19.0 Å². The van der Waals surface area contributed by atoms with E-state index in [0.717, 1.165) is 4.90 Å². The molecule has 40 heavy (non-hydrogen) atoms. The van der Waals surface area contributed by atoms with Crippen LogP contribution in [0.3, 0.4) is 0 Å². The van der Waals surface area contributed by atoms with E-state index in [4.69, 9.17) is 5.41 Å².